The normalized spacial score (nSPS) is 9.46. The summed E-state index contributed by atoms with van der Waals surface area (Å²) < 4.78 is 0. The van der Waals surface area contributed by atoms with Gasteiger partial charge in [0.2, 0.25) is 0 Å². The lowest BCUT2D eigenvalue weighted by molar-refractivity contribution is 0.891. The summed E-state index contributed by atoms with van der Waals surface area (Å²) in [6.45, 7) is 7.01. The second-order valence-electron chi connectivity index (χ2n) is 3.10. The Morgan fingerprint density at radius 1 is 1.23 bits per heavy atom. The van der Waals surface area contributed by atoms with Crippen molar-refractivity contribution in [1.82, 2.24) is 0 Å². The van der Waals surface area contributed by atoms with Gasteiger partial charge in [0.25, 0.3) is 0 Å². The van der Waals surface area contributed by atoms with Crippen LogP contribution in [0.4, 0.5) is 5.69 Å². The van der Waals surface area contributed by atoms with E-state index < -0.39 is 0 Å². The minimum absolute atomic E-state index is 0.898. The van der Waals surface area contributed by atoms with Gasteiger partial charge in [-0.25, -0.2) is 0 Å². The molecule has 0 bridgehead atoms. The third kappa shape index (κ3) is 2.90. The van der Waals surface area contributed by atoms with Gasteiger partial charge in [0.15, 0.2) is 0 Å². The molecular weight excluding hydrogens is 160 g/mol. The topological polar surface area (TPSA) is 15.6 Å². The first-order valence-electron chi connectivity index (χ1n) is 4.58. The van der Waals surface area contributed by atoms with Crippen molar-refractivity contribution in [1.29, 1.82) is 0 Å². The summed E-state index contributed by atoms with van der Waals surface area (Å²) in [6.07, 6.45) is 0. The Morgan fingerprint density at radius 3 is 2.31 bits per heavy atom. The largest absolute Gasteiger partial charge is 0.266 e. The Morgan fingerprint density at radius 2 is 1.85 bits per heavy atom. The molecule has 0 radical (unpaired) electrons. The third-order valence-electron chi connectivity index (χ3n) is 1.67. The number of hydrogen-bond acceptors (Lipinski definition) is 2. The van der Waals surface area contributed by atoms with Crippen molar-refractivity contribution in [2.75, 3.05) is 11.6 Å². The van der Waals surface area contributed by atoms with E-state index >= 15 is 0 Å². The molecule has 0 saturated carbocycles. The van der Waals surface area contributed by atoms with Gasteiger partial charge in [0, 0.05) is 12.3 Å². The second kappa shape index (κ2) is 4.65. The van der Waals surface area contributed by atoms with Crippen LogP contribution in [0.5, 0.6) is 0 Å². The molecule has 0 amide bonds. The first kappa shape index (κ1) is 9.78. The fourth-order valence-electron chi connectivity index (χ4n) is 1.15. The van der Waals surface area contributed by atoms with Crippen LogP contribution < -0.4 is 5.01 Å². The Labute approximate surface area is 79.9 Å². The standard InChI is InChI=1S/C11H16N2/c1-4-13(12-10(2)3)11-8-6-5-7-9-11/h5-9H,4H2,1-3H3. The van der Waals surface area contributed by atoms with Crippen molar-refractivity contribution in [3.05, 3.63) is 30.3 Å². The molecule has 1 aromatic rings. The molecule has 1 rings (SSSR count). The maximum absolute atomic E-state index is 4.42. The molecule has 0 saturated heterocycles. The van der Waals surface area contributed by atoms with E-state index in [2.05, 4.69) is 24.2 Å². The van der Waals surface area contributed by atoms with Gasteiger partial charge in [0.1, 0.15) is 0 Å². The Hall–Kier alpha value is -1.31. The van der Waals surface area contributed by atoms with E-state index in [9.17, 15) is 0 Å². The molecule has 0 atom stereocenters. The Kier molecular flexibility index (Phi) is 3.50. The monoisotopic (exact) mass is 176 g/mol. The zero-order valence-electron chi connectivity index (χ0n) is 8.49. The zero-order valence-corrected chi connectivity index (χ0v) is 8.49. The van der Waals surface area contributed by atoms with Crippen LogP contribution in [0.2, 0.25) is 0 Å². The molecule has 0 unspecified atom stereocenters. The quantitative estimate of drug-likeness (QED) is 0.510. The molecule has 0 aliphatic rings. The molecular formula is C11H16N2. The summed E-state index contributed by atoms with van der Waals surface area (Å²) >= 11 is 0. The second-order valence-corrected chi connectivity index (χ2v) is 3.10. The van der Waals surface area contributed by atoms with E-state index in [-0.39, 0.29) is 0 Å². The molecule has 0 N–H and O–H groups in total. The van der Waals surface area contributed by atoms with Crippen LogP contribution in [-0.2, 0) is 0 Å². The summed E-state index contributed by atoms with van der Waals surface area (Å²) in [6, 6.07) is 10.2. The fraction of sp³-hybridized carbons (Fsp3) is 0.364. The number of hydrogen-bond donors (Lipinski definition) is 0. The molecule has 1 aromatic carbocycles. The summed E-state index contributed by atoms with van der Waals surface area (Å²) in [5, 5.41) is 6.41. The number of hydrazone groups is 1. The van der Waals surface area contributed by atoms with Crippen LogP contribution in [0, 0.1) is 0 Å². The molecule has 2 nitrogen and oxygen atoms in total. The zero-order chi connectivity index (χ0) is 9.68. The fourth-order valence-corrected chi connectivity index (χ4v) is 1.15. The molecule has 0 spiro atoms. The smallest absolute Gasteiger partial charge is 0.0593 e. The number of benzene rings is 1. The van der Waals surface area contributed by atoms with Crippen LogP contribution in [0.3, 0.4) is 0 Å². The predicted molar refractivity (Wildman–Crippen MR) is 58.2 cm³/mol. The Balaban J connectivity index is 2.85. The SMILES string of the molecule is CCN(N=C(C)C)c1ccccc1. The first-order valence-corrected chi connectivity index (χ1v) is 4.58. The van der Waals surface area contributed by atoms with Crippen LogP contribution in [0.15, 0.2) is 35.4 Å². The van der Waals surface area contributed by atoms with Gasteiger partial charge in [-0.3, -0.25) is 5.01 Å². The maximum atomic E-state index is 4.42. The van der Waals surface area contributed by atoms with Gasteiger partial charge in [-0.2, -0.15) is 5.10 Å². The van der Waals surface area contributed by atoms with Crippen LogP contribution in [0.25, 0.3) is 0 Å². The predicted octanol–water partition coefficient (Wildman–Crippen LogP) is 2.91. The highest BCUT2D eigenvalue weighted by molar-refractivity contribution is 5.80. The summed E-state index contributed by atoms with van der Waals surface area (Å²) in [4.78, 5) is 0. The van der Waals surface area contributed by atoms with Gasteiger partial charge in [-0.15, -0.1) is 0 Å². The summed E-state index contributed by atoms with van der Waals surface area (Å²) in [5.41, 5.74) is 2.22. The molecule has 70 valence electrons. The lowest BCUT2D eigenvalue weighted by Gasteiger charge is -2.17. The third-order valence-corrected chi connectivity index (χ3v) is 1.67. The molecule has 0 heterocycles. The van der Waals surface area contributed by atoms with Crippen molar-refractivity contribution < 1.29 is 0 Å². The maximum Gasteiger partial charge on any atom is 0.0593 e. The van der Waals surface area contributed by atoms with Gasteiger partial charge in [-0.1, -0.05) is 18.2 Å². The lowest BCUT2D eigenvalue weighted by atomic mass is 10.3. The number of rotatable bonds is 3. The molecule has 2 heteroatoms. The molecule has 0 fully saturated rings. The highest BCUT2D eigenvalue weighted by Crippen LogP contribution is 2.12. The van der Waals surface area contributed by atoms with Gasteiger partial charge in [-0.05, 0) is 32.9 Å². The van der Waals surface area contributed by atoms with Crippen molar-refractivity contribution in [3.8, 4) is 0 Å². The highest BCUT2D eigenvalue weighted by Gasteiger charge is 1.99. The van der Waals surface area contributed by atoms with E-state index in [1.807, 2.05) is 37.1 Å². The van der Waals surface area contributed by atoms with E-state index in [1.165, 1.54) is 0 Å². The van der Waals surface area contributed by atoms with E-state index in [0.717, 1.165) is 17.9 Å². The minimum atomic E-state index is 0.898. The van der Waals surface area contributed by atoms with Crippen molar-refractivity contribution in [2.45, 2.75) is 20.8 Å². The summed E-state index contributed by atoms with van der Waals surface area (Å²) in [7, 11) is 0. The number of para-hydroxylation sites is 1. The van der Waals surface area contributed by atoms with Crippen LogP contribution >= 0.6 is 0 Å². The van der Waals surface area contributed by atoms with Crippen molar-refractivity contribution in [3.63, 3.8) is 0 Å². The first-order chi connectivity index (χ1) is 6.24. The Bertz CT molecular complexity index is 273. The van der Waals surface area contributed by atoms with E-state index in [1.54, 1.807) is 0 Å². The lowest BCUT2D eigenvalue weighted by Crippen LogP contribution is -2.16. The highest BCUT2D eigenvalue weighted by atomic mass is 15.4. The van der Waals surface area contributed by atoms with Crippen molar-refractivity contribution >= 4 is 11.4 Å². The average Bonchev–Trinajstić information content (AvgIpc) is 2.15. The van der Waals surface area contributed by atoms with Crippen LogP contribution in [-0.4, -0.2) is 12.3 Å². The van der Waals surface area contributed by atoms with E-state index in [0.29, 0.717) is 0 Å². The minimum Gasteiger partial charge on any atom is -0.266 e. The van der Waals surface area contributed by atoms with Gasteiger partial charge >= 0.3 is 0 Å². The molecule has 0 aliphatic heterocycles. The molecule has 0 aliphatic carbocycles. The van der Waals surface area contributed by atoms with Gasteiger partial charge < -0.3 is 0 Å². The van der Waals surface area contributed by atoms with Gasteiger partial charge in [0.05, 0.1) is 5.69 Å². The average molecular weight is 176 g/mol. The number of nitrogens with zero attached hydrogens (tertiary/aromatic N) is 2. The van der Waals surface area contributed by atoms with Crippen molar-refractivity contribution in [2.24, 2.45) is 5.10 Å². The van der Waals surface area contributed by atoms with Crippen LogP contribution in [0.1, 0.15) is 20.8 Å². The molecule has 0 aromatic heterocycles. The van der Waals surface area contributed by atoms with E-state index in [4.69, 9.17) is 0 Å². The molecule has 13 heavy (non-hydrogen) atoms. The summed E-state index contributed by atoms with van der Waals surface area (Å²) in [5.74, 6) is 0. The number of anilines is 1.